The fraction of sp³-hybridized carbons (Fsp3) is 0.542. The van der Waals surface area contributed by atoms with Crippen LogP contribution >= 0.6 is 37.2 Å². The lowest BCUT2D eigenvalue weighted by Gasteiger charge is -2.31. The van der Waals surface area contributed by atoms with E-state index in [4.69, 9.17) is 0 Å². The van der Waals surface area contributed by atoms with E-state index in [1.165, 1.54) is 75.1 Å². The molecule has 1 aromatic heterocycles. The summed E-state index contributed by atoms with van der Waals surface area (Å²) in [5.41, 5.74) is 7.45. The molecule has 0 spiro atoms. The van der Waals surface area contributed by atoms with Gasteiger partial charge in [0, 0.05) is 38.6 Å². The van der Waals surface area contributed by atoms with Gasteiger partial charge < -0.3 is 10.4 Å². The predicted molar refractivity (Wildman–Crippen MR) is 137 cm³/mol. The van der Waals surface area contributed by atoms with Gasteiger partial charge in [0.15, 0.2) is 0 Å². The number of rotatable bonds is 6. The Hall–Kier alpha value is -0.880. The van der Waals surface area contributed by atoms with E-state index < -0.39 is 0 Å². The molecule has 3 heterocycles. The molecule has 4 nitrogen and oxygen atoms in total. The van der Waals surface area contributed by atoms with E-state index in [-0.39, 0.29) is 42.7 Å². The first-order chi connectivity index (χ1) is 13.2. The zero-order chi connectivity index (χ0) is 18.6. The number of likely N-dealkylation sites (tertiary alicyclic amines) is 1. The van der Waals surface area contributed by atoms with Crippen LogP contribution in [0.15, 0.2) is 36.7 Å². The number of halogens is 3. The molecule has 2 aliphatic heterocycles. The van der Waals surface area contributed by atoms with Gasteiger partial charge in [-0.25, -0.2) is 0 Å². The summed E-state index contributed by atoms with van der Waals surface area (Å²) in [6.45, 7) is 11.9. The monoisotopic (exact) mass is 489 g/mol. The zero-order valence-electron chi connectivity index (χ0n) is 18.7. The van der Waals surface area contributed by atoms with Crippen LogP contribution in [0.2, 0.25) is 0 Å². The molecule has 0 bridgehead atoms. The van der Waals surface area contributed by atoms with Gasteiger partial charge in [-0.2, -0.15) is 0 Å². The van der Waals surface area contributed by atoms with Crippen molar-refractivity contribution in [1.82, 2.24) is 14.8 Å². The van der Waals surface area contributed by atoms with Crippen molar-refractivity contribution in [3.05, 3.63) is 64.5 Å². The molecule has 0 saturated carbocycles. The van der Waals surface area contributed by atoms with Gasteiger partial charge in [0.05, 0.1) is 0 Å². The van der Waals surface area contributed by atoms with Crippen molar-refractivity contribution in [2.45, 2.75) is 46.1 Å². The molecule has 0 amide bonds. The van der Waals surface area contributed by atoms with E-state index in [9.17, 15) is 0 Å². The van der Waals surface area contributed by atoms with Crippen LogP contribution in [0.25, 0.3) is 0 Å². The number of hydrogen-bond acceptors (Lipinski definition) is 3. The van der Waals surface area contributed by atoms with E-state index in [2.05, 4.69) is 52.9 Å². The van der Waals surface area contributed by atoms with Gasteiger partial charge in [0.1, 0.15) is 0 Å². The Morgan fingerprint density at radius 1 is 0.935 bits per heavy atom. The molecule has 0 aliphatic carbocycles. The van der Waals surface area contributed by atoms with Gasteiger partial charge in [0.2, 0.25) is 0 Å². The van der Waals surface area contributed by atoms with E-state index in [1.54, 1.807) is 11.1 Å². The first kappa shape index (κ1) is 30.1. The Morgan fingerprint density at radius 2 is 1.61 bits per heavy atom. The van der Waals surface area contributed by atoms with Crippen molar-refractivity contribution < 1.29 is 5.48 Å². The molecule has 1 saturated heterocycles. The molecule has 1 aromatic carbocycles. The minimum atomic E-state index is 0. The summed E-state index contributed by atoms with van der Waals surface area (Å²) in [4.78, 5) is 9.48. The summed E-state index contributed by atoms with van der Waals surface area (Å²) in [6.07, 6.45) is 8.82. The standard InChI is InChI=1S/C24H33N3.3ClH.H2O/c1-19-14-23-8-13-27(18-24(23)15-20(19)2)17-22-7-12-26(16-22)11-3-4-21-5-9-25-10-6-21;;;;/h5-6,9-10,14-15,22H,3-4,7-8,11-13,16-18H2,1-2H3;3*1H;1H2. The number of hydrogen-bond donors (Lipinski definition) is 0. The molecular weight excluding hydrogens is 453 g/mol. The van der Waals surface area contributed by atoms with Crippen LogP contribution < -0.4 is 0 Å². The second-order valence-electron chi connectivity index (χ2n) is 8.60. The number of benzene rings is 1. The average molecular weight is 491 g/mol. The van der Waals surface area contributed by atoms with Crippen LogP contribution in [-0.2, 0) is 19.4 Å². The minimum absolute atomic E-state index is 0. The molecule has 4 rings (SSSR count). The lowest BCUT2D eigenvalue weighted by atomic mass is 9.94. The Bertz CT molecular complexity index is 776. The largest absolute Gasteiger partial charge is 0.412 e. The Labute approximate surface area is 206 Å². The highest BCUT2D eigenvalue weighted by atomic mass is 35.5. The fourth-order valence-electron chi connectivity index (χ4n) is 4.76. The van der Waals surface area contributed by atoms with E-state index in [1.807, 2.05) is 12.4 Å². The zero-order valence-corrected chi connectivity index (χ0v) is 21.1. The summed E-state index contributed by atoms with van der Waals surface area (Å²) in [5.74, 6) is 0.846. The van der Waals surface area contributed by atoms with Crippen LogP contribution in [0, 0.1) is 19.8 Å². The lowest BCUT2D eigenvalue weighted by Crippen LogP contribution is -2.35. The smallest absolute Gasteiger partial charge is 0.0270 e. The number of aryl methyl sites for hydroxylation is 3. The van der Waals surface area contributed by atoms with Crippen molar-refractivity contribution in [2.24, 2.45) is 5.92 Å². The summed E-state index contributed by atoms with van der Waals surface area (Å²) in [5, 5.41) is 0. The Morgan fingerprint density at radius 3 is 2.32 bits per heavy atom. The first-order valence-electron chi connectivity index (χ1n) is 10.6. The maximum Gasteiger partial charge on any atom is 0.0270 e. The molecular formula is C24H38Cl3N3O. The molecule has 0 radical (unpaired) electrons. The summed E-state index contributed by atoms with van der Waals surface area (Å²) < 4.78 is 0. The van der Waals surface area contributed by atoms with Crippen LogP contribution in [0.3, 0.4) is 0 Å². The quantitative estimate of drug-likeness (QED) is 0.601. The Balaban J connectivity index is 0.00000225. The third kappa shape index (κ3) is 8.20. The number of fused-ring (bicyclic) bond motifs is 1. The highest BCUT2D eigenvalue weighted by molar-refractivity contribution is 5.86. The third-order valence-electron chi connectivity index (χ3n) is 6.48. The van der Waals surface area contributed by atoms with Crippen molar-refractivity contribution >= 4 is 37.2 Å². The van der Waals surface area contributed by atoms with Gasteiger partial charge >= 0.3 is 0 Å². The van der Waals surface area contributed by atoms with Gasteiger partial charge in [-0.15, -0.1) is 37.2 Å². The van der Waals surface area contributed by atoms with Crippen LogP contribution in [0.1, 0.15) is 40.7 Å². The molecule has 2 aliphatic rings. The molecule has 2 N–H and O–H groups in total. The van der Waals surface area contributed by atoms with Crippen molar-refractivity contribution in [1.29, 1.82) is 0 Å². The summed E-state index contributed by atoms with van der Waals surface area (Å²) in [7, 11) is 0. The van der Waals surface area contributed by atoms with Gasteiger partial charge in [-0.1, -0.05) is 12.1 Å². The summed E-state index contributed by atoms with van der Waals surface area (Å²) >= 11 is 0. The predicted octanol–water partition coefficient (Wildman–Crippen LogP) is 4.45. The molecule has 7 heteroatoms. The third-order valence-corrected chi connectivity index (χ3v) is 6.48. The first-order valence-corrected chi connectivity index (χ1v) is 10.6. The van der Waals surface area contributed by atoms with Crippen molar-refractivity contribution in [2.75, 3.05) is 32.7 Å². The Kier molecular flexibility index (Phi) is 13.9. The molecule has 1 fully saturated rings. The molecule has 1 atom stereocenters. The SMILES string of the molecule is Cc1cc2c(cc1C)CN(CC1CCN(CCCc3ccncc3)C1)CC2.Cl.Cl.Cl.O. The maximum atomic E-state index is 4.10. The van der Waals surface area contributed by atoms with Gasteiger partial charge in [-0.05, 0) is 98.5 Å². The minimum Gasteiger partial charge on any atom is -0.412 e. The van der Waals surface area contributed by atoms with Crippen LogP contribution in [-0.4, -0.2) is 53.0 Å². The highest BCUT2D eigenvalue weighted by Gasteiger charge is 2.26. The second-order valence-corrected chi connectivity index (χ2v) is 8.60. The van der Waals surface area contributed by atoms with Crippen LogP contribution in [0.5, 0.6) is 0 Å². The van der Waals surface area contributed by atoms with Crippen molar-refractivity contribution in [3.8, 4) is 0 Å². The number of nitrogens with zero attached hydrogens (tertiary/aromatic N) is 3. The number of aromatic nitrogens is 1. The molecule has 2 aromatic rings. The average Bonchev–Trinajstić information content (AvgIpc) is 3.11. The number of pyridine rings is 1. The molecule has 1 unspecified atom stereocenters. The van der Waals surface area contributed by atoms with Crippen molar-refractivity contribution in [3.63, 3.8) is 0 Å². The fourth-order valence-corrected chi connectivity index (χ4v) is 4.76. The topological polar surface area (TPSA) is 50.9 Å². The lowest BCUT2D eigenvalue weighted by molar-refractivity contribution is 0.210. The summed E-state index contributed by atoms with van der Waals surface area (Å²) in [6, 6.07) is 9.13. The highest BCUT2D eigenvalue weighted by Crippen LogP contribution is 2.25. The van der Waals surface area contributed by atoms with Gasteiger partial charge in [-0.3, -0.25) is 9.88 Å². The maximum absolute atomic E-state index is 4.10. The molecule has 176 valence electrons. The van der Waals surface area contributed by atoms with Gasteiger partial charge in [0.25, 0.3) is 0 Å². The van der Waals surface area contributed by atoms with Crippen LogP contribution in [0.4, 0.5) is 0 Å². The molecule has 31 heavy (non-hydrogen) atoms. The normalized spacial score (nSPS) is 18.1. The second kappa shape index (κ2) is 14.3. The van der Waals surface area contributed by atoms with E-state index in [0.29, 0.717) is 0 Å². The van der Waals surface area contributed by atoms with E-state index in [0.717, 1.165) is 12.5 Å². The van der Waals surface area contributed by atoms with E-state index >= 15 is 0 Å².